The highest BCUT2D eigenvalue weighted by molar-refractivity contribution is 7.23. The van der Waals surface area contributed by atoms with Crippen molar-refractivity contribution < 1.29 is 0 Å². The molecule has 0 radical (unpaired) electrons. The minimum absolute atomic E-state index is 0.593. The number of hydrogen-bond donors (Lipinski definition) is 1. The van der Waals surface area contributed by atoms with Crippen molar-refractivity contribution in [3.05, 3.63) is 36.2 Å². The first kappa shape index (κ1) is 7.96. The van der Waals surface area contributed by atoms with Gasteiger partial charge < -0.3 is 5.73 Å². The predicted molar refractivity (Wildman–Crippen MR) is 58.5 cm³/mol. The maximum atomic E-state index is 5.59. The minimum atomic E-state index is 0.593. The number of thiazole rings is 1. The molecule has 70 valence electrons. The summed E-state index contributed by atoms with van der Waals surface area (Å²) in [7, 11) is 0. The zero-order valence-corrected chi connectivity index (χ0v) is 8.29. The molecule has 0 aliphatic rings. The number of aromatic nitrogens is 2. The molecule has 0 spiro atoms. The summed E-state index contributed by atoms with van der Waals surface area (Å²) in [6, 6.07) is 6.30. The molecule has 2 N–H and O–H groups in total. The molecular formula is C10H9N3S. The number of nitrogens with zero attached hydrogens (tertiary/aromatic N) is 2. The predicted octanol–water partition coefficient (Wildman–Crippen LogP) is 2.01. The van der Waals surface area contributed by atoms with Gasteiger partial charge in [0.05, 0.1) is 10.2 Å². The normalized spacial score (nSPS) is 11.5. The van der Waals surface area contributed by atoms with E-state index in [1.807, 2.05) is 12.4 Å². The molecule has 0 aliphatic carbocycles. The summed E-state index contributed by atoms with van der Waals surface area (Å²) >= 11 is 1.69. The van der Waals surface area contributed by atoms with E-state index in [2.05, 4.69) is 27.6 Å². The first-order valence-electron chi connectivity index (χ1n) is 4.43. The second-order valence-corrected chi connectivity index (χ2v) is 4.20. The molecule has 3 aromatic rings. The van der Waals surface area contributed by atoms with E-state index in [1.54, 1.807) is 11.3 Å². The fourth-order valence-electron chi connectivity index (χ4n) is 1.61. The van der Waals surface area contributed by atoms with Crippen molar-refractivity contribution in [3.63, 3.8) is 0 Å². The van der Waals surface area contributed by atoms with Crippen LogP contribution in [0.1, 0.15) is 5.56 Å². The first-order valence-corrected chi connectivity index (χ1v) is 5.25. The quantitative estimate of drug-likeness (QED) is 0.657. The fraction of sp³-hybridized carbons (Fsp3) is 0.100. The minimum Gasteiger partial charge on any atom is -0.326 e. The molecule has 2 heterocycles. The third-order valence-electron chi connectivity index (χ3n) is 2.33. The van der Waals surface area contributed by atoms with Crippen LogP contribution in [-0.4, -0.2) is 9.38 Å². The average molecular weight is 203 g/mol. The van der Waals surface area contributed by atoms with Crippen LogP contribution in [0.15, 0.2) is 30.6 Å². The van der Waals surface area contributed by atoms with Crippen LogP contribution in [0.4, 0.5) is 0 Å². The zero-order chi connectivity index (χ0) is 9.54. The molecule has 0 bridgehead atoms. The van der Waals surface area contributed by atoms with Crippen LogP contribution in [0.5, 0.6) is 0 Å². The second-order valence-electron chi connectivity index (χ2n) is 3.19. The van der Waals surface area contributed by atoms with Crippen molar-refractivity contribution in [2.75, 3.05) is 0 Å². The van der Waals surface area contributed by atoms with Gasteiger partial charge in [-0.3, -0.25) is 4.40 Å². The van der Waals surface area contributed by atoms with E-state index in [9.17, 15) is 0 Å². The third-order valence-corrected chi connectivity index (χ3v) is 3.36. The summed E-state index contributed by atoms with van der Waals surface area (Å²) in [6.07, 6.45) is 3.80. The molecule has 0 unspecified atom stereocenters. The van der Waals surface area contributed by atoms with Gasteiger partial charge in [0.15, 0.2) is 4.96 Å². The summed E-state index contributed by atoms with van der Waals surface area (Å²) < 4.78 is 3.34. The van der Waals surface area contributed by atoms with E-state index >= 15 is 0 Å². The van der Waals surface area contributed by atoms with E-state index in [0.29, 0.717) is 6.54 Å². The summed E-state index contributed by atoms with van der Waals surface area (Å²) in [5.74, 6) is 0. The van der Waals surface area contributed by atoms with Crippen molar-refractivity contribution in [2.24, 2.45) is 5.73 Å². The number of hydrogen-bond acceptors (Lipinski definition) is 3. The van der Waals surface area contributed by atoms with Crippen molar-refractivity contribution in [1.82, 2.24) is 9.38 Å². The van der Waals surface area contributed by atoms with Crippen molar-refractivity contribution in [3.8, 4) is 0 Å². The molecule has 3 nitrogen and oxygen atoms in total. The van der Waals surface area contributed by atoms with Crippen LogP contribution >= 0.6 is 11.3 Å². The Bertz CT molecular complexity index is 593. The third kappa shape index (κ3) is 0.981. The van der Waals surface area contributed by atoms with Crippen LogP contribution in [0, 0.1) is 0 Å². The van der Waals surface area contributed by atoms with E-state index in [-0.39, 0.29) is 0 Å². The van der Waals surface area contributed by atoms with Crippen LogP contribution in [0.3, 0.4) is 0 Å². The van der Waals surface area contributed by atoms with Crippen LogP contribution < -0.4 is 5.73 Å². The Morgan fingerprint density at radius 2 is 2.36 bits per heavy atom. The average Bonchev–Trinajstić information content (AvgIpc) is 2.75. The molecule has 0 fully saturated rings. The lowest BCUT2D eigenvalue weighted by Crippen LogP contribution is -1.94. The van der Waals surface area contributed by atoms with Gasteiger partial charge in [-0.1, -0.05) is 17.4 Å². The van der Waals surface area contributed by atoms with Crippen LogP contribution in [-0.2, 0) is 6.54 Å². The molecule has 0 saturated heterocycles. The Hall–Kier alpha value is -1.39. The molecule has 0 aliphatic heterocycles. The molecule has 1 aromatic carbocycles. The van der Waals surface area contributed by atoms with Gasteiger partial charge in [-0.05, 0) is 17.7 Å². The Labute approximate surface area is 84.8 Å². The summed E-state index contributed by atoms with van der Waals surface area (Å²) in [6.45, 7) is 0.593. The van der Waals surface area contributed by atoms with Gasteiger partial charge >= 0.3 is 0 Å². The van der Waals surface area contributed by atoms with Crippen molar-refractivity contribution in [2.45, 2.75) is 6.54 Å². The van der Waals surface area contributed by atoms with E-state index in [4.69, 9.17) is 5.73 Å². The first-order chi connectivity index (χ1) is 6.88. The van der Waals surface area contributed by atoms with Gasteiger partial charge in [0.1, 0.15) is 0 Å². The number of benzene rings is 1. The van der Waals surface area contributed by atoms with Crippen molar-refractivity contribution in [1.29, 1.82) is 0 Å². The highest BCUT2D eigenvalue weighted by atomic mass is 32.1. The second kappa shape index (κ2) is 2.80. The summed E-state index contributed by atoms with van der Waals surface area (Å²) in [4.78, 5) is 5.30. The van der Waals surface area contributed by atoms with Crippen LogP contribution in [0.2, 0.25) is 0 Å². The van der Waals surface area contributed by atoms with E-state index in [1.165, 1.54) is 15.8 Å². The monoisotopic (exact) mass is 203 g/mol. The lowest BCUT2D eigenvalue weighted by Gasteiger charge is -1.95. The SMILES string of the molecule is NCc1ccc2c(c1)sc1nccn12. The highest BCUT2D eigenvalue weighted by Crippen LogP contribution is 2.25. The maximum Gasteiger partial charge on any atom is 0.194 e. The van der Waals surface area contributed by atoms with Crippen molar-refractivity contribution >= 4 is 26.5 Å². The summed E-state index contributed by atoms with van der Waals surface area (Å²) in [5.41, 5.74) is 7.97. The van der Waals surface area contributed by atoms with Gasteiger partial charge in [0.2, 0.25) is 0 Å². The molecule has 4 heteroatoms. The molecule has 0 saturated carbocycles. The van der Waals surface area contributed by atoms with E-state index in [0.717, 1.165) is 4.96 Å². The van der Waals surface area contributed by atoms with E-state index < -0.39 is 0 Å². The largest absolute Gasteiger partial charge is 0.326 e. The summed E-state index contributed by atoms with van der Waals surface area (Å²) in [5, 5.41) is 0. The molecule has 0 amide bonds. The van der Waals surface area contributed by atoms with Gasteiger partial charge in [0, 0.05) is 18.9 Å². The number of fused-ring (bicyclic) bond motifs is 3. The standard InChI is InChI=1S/C10H9N3S/c11-6-7-1-2-8-9(5-7)14-10-12-3-4-13(8)10/h1-5H,6,11H2. The maximum absolute atomic E-state index is 5.59. The molecule has 14 heavy (non-hydrogen) atoms. The van der Waals surface area contributed by atoms with Gasteiger partial charge in [-0.2, -0.15) is 0 Å². The molecule has 3 rings (SSSR count). The lowest BCUT2D eigenvalue weighted by atomic mass is 10.2. The van der Waals surface area contributed by atoms with Gasteiger partial charge in [-0.25, -0.2) is 4.98 Å². The topological polar surface area (TPSA) is 43.3 Å². The fourth-order valence-corrected chi connectivity index (χ4v) is 2.66. The Morgan fingerprint density at radius 1 is 1.43 bits per heavy atom. The smallest absolute Gasteiger partial charge is 0.194 e. The van der Waals surface area contributed by atoms with Gasteiger partial charge in [0.25, 0.3) is 0 Å². The van der Waals surface area contributed by atoms with Crippen LogP contribution in [0.25, 0.3) is 15.2 Å². The molecular weight excluding hydrogens is 194 g/mol. The Balaban J connectivity index is 2.43. The van der Waals surface area contributed by atoms with Gasteiger partial charge in [-0.15, -0.1) is 0 Å². The number of nitrogens with two attached hydrogens (primary N) is 1. The Kier molecular flexibility index (Phi) is 1.59. The highest BCUT2D eigenvalue weighted by Gasteiger charge is 2.04. The number of rotatable bonds is 1. The molecule has 0 atom stereocenters. The lowest BCUT2D eigenvalue weighted by molar-refractivity contribution is 1.08. The molecule has 2 aromatic heterocycles. The Morgan fingerprint density at radius 3 is 3.21 bits per heavy atom. The number of imidazole rings is 1. The zero-order valence-electron chi connectivity index (χ0n) is 7.47.